The van der Waals surface area contributed by atoms with Gasteiger partial charge in [0, 0.05) is 22.4 Å². The van der Waals surface area contributed by atoms with Gasteiger partial charge >= 0.3 is 20.0 Å². The Labute approximate surface area is 53.3 Å². The zero-order valence-electron chi connectivity index (χ0n) is 2.56. The summed E-state index contributed by atoms with van der Waals surface area (Å²) in [6, 6.07) is 0. The van der Waals surface area contributed by atoms with Crippen molar-refractivity contribution in [1.82, 2.24) is 0 Å². The summed E-state index contributed by atoms with van der Waals surface area (Å²) in [6.45, 7) is 0. The Morgan fingerprint density at radius 2 is 1.25 bits per heavy atom. The molecule has 0 aliphatic carbocycles. The van der Waals surface area contributed by atoms with Crippen LogP contribution in [0, 0.1) is 0 Å². The summed E-state index contributed by atoms with van der Waals surface area (Å²) in [4.78, 5) is 0. The second-order valence-electron chi connectivity index (χ2n) is 0. The van der Waals surface area contributed by atoms with Gasteiger partial charge in [0.15, 0.2) is 0 Å². The molecule has 0 saturated carbocycles. The summed E-state index contributed by atoms with van der Waals surface area (Å²) in [6.07, 6.45) is 0. The van der Waals surface area contributed by atoms with Crippen LogP contribution in [0.1, 0.15) is 0 Å². The zero-order valence-corrected chi connectivity index (χ0v) is 9.19. The number of hydrogen-bond donors (Lipinski definition) is 0. The first-order valence-electron chi connectivity index (χ1n) is 0.289. The second kappa shape index (κ2) is 27.9. The number of rotatable bonds is 0. The van der Waals surface area contributed by atoms with Crippen molar-refractivity contribution in [3.05, 3.63) is 0 Å². The Balaban J connectivity index is -0.00000000500. The molecule has 0 unspecified atom stereocenters. The van der Waals surface area contributed by atoms with E-state index in [2.05, 4.69) is 0 Å². The zero-order chi connectivity index (χ0) is 2.00. The van der Waals surface area contributed by atoms with Crippen molar-refractivity contribution in [2.24, 2.45) is 0 Å². The fourth-order valence-corrected chi connectivity index (χ4v) is 0. The molecule has 0 aliphatic heterocycles. The van der Waals surface area contributed by atoms with Gasteiger partial charge in [0.05, 0.1) is 0 Å². The van der Waals surface area contributed by atoms with Crippen molar-refractivity contribution in [2.75, 3.05) is 0 Å². The van der Waals surface area contributed by atoms with E-state index in [1.54, 1.807) is 0 Å². The Hall–Kier alpha value is 1.29. The second-order valence-corrected chi connectivity index (χ2v) is 0. The van der Waals surface area contributed by atoms with E-state index in [0.29, 0.717) is 16.2 Å². The van der Waals surface area contributed by atoms with E-state index in [1.807, 2.05) is 0 Å². The molecular weight excluding hydrogens is 252 g/mol. The smallest absolute Gasteiger partial charge is 0 e. The molecule has 0 fully saturated rings. The molecule has 0 aliphatic rings. The van der Waals surface area contributed by atoms with Crippen molar-refractivity contribution < 1.29 is 26.2 Å². The molecule has 0 amide bonds. The van der Waals surface area contributed by atoms with Crippen LogP contribution in [0.15, 0.2) is 0 Å². The summed E-state index contributed by atoms with van der Waals surface area (Å²) in [7, 11) is 0. The van der Waals surface area contributed by atoms with E-state index >= 15 is 0 Å². The Morgan fingerprint density at radius 3 is 1.25 bits per heavy atom. The van der Waals surface area contributed by atoms with Gasteiger partial charge in [-0.3, -0.25) is 0 Å². The largest absolute Gasteiger partial charge is 0.0125 e. The normalized spacial score (nSPS) is 0.750. The monoisotopic (exact) mass is 256 g/mol. The third kappa shape index (κ3) is 10.4. The van der Waals surface area contributed by atoms with Gasteiger partial charge in [-0.1, -0.05) is 0 Å². The average molecular weight is 256 g/mol. The molecule has 0 aromatic carbocycles. The minimum Gasteiger partial charge on any atom is -0.0125 e. The van der Waals surface area contributed by atoms with Crippen LogP contribution in [0.25, 0.3) is 0 Å². The van der Waals surface area contributed by atoms with Crippen LogP contribution in [-0.2, 0) is 26.2 Å². The van der Waals surface area contributed by atoms with Gasteiger partial charge < -0.3 is 0 Å². The SMILES string of the molecule is [O]=[AlH].[SiH3].[Ta]. The van der Waals surface area contributed by atoms with E-state index in [4.69, 9.17) is 3.80 Å². The van der Waals surface area contributed by atoms with Crippen LogP contribution in [0.3, 0.4) is 0 Å². The molecule has 0 atom stereocenters. The van der Waals surface area contributed by atoms with Gasteiger partial charge in [-0.2, -0.15) is 0 Å². The maximum Gasteiger partial charge on any atom is 0 e. The van der Waals surface area contributed by atoms with Crippen molar-refractivity contribution in [2.45, 2.75) is 0 Å². The van der Waals surface area contributed by atoms with Crippen LogP contribution in [-0.4, -0.2) is 27.2 Å². The first-order valence-corrected chi connectivity index (χ1v) is 0.866. The van der Waals surface area contributed by atoms with Crippen LogP contribution in [0.5, 0.6) is 0 Å². The summed E-state index contributed by atoms with van der Waals surface area (Å²) in [5.74, 6) is 0. The summed E-state index contributed by atoms with van der Waals surface area (Å²) < 4.78 is 8.28. The summed E-state index contributed by atoms with van der Waals surface area (Å²) in [5, 5.41) is 0. The molecule has 4 heavy (non-hydrogen) atoms. The van der Waals surface area contributed by atoms with E-state index in [1.165, 1.54) is 0 Å². The van der Waals surface area contributed by atoms with E-state index in [9.17, 15) is 0 Å². The first kappa shape index (κ1) is 18.6. The predicted molar refractivity (Wildman–Crippen MR) is 17.8 cm³/mol. The molecule has 0 N–H and O–H groups in total. The molecule has 22 valence electrons. The predicted octanol–water partition coefficient (Wildman–Crippen LogP) is -1.95. The molecule has 0 heterocycles. The number of hydrogen-bond acceptors (Lipinski definition) is 1. The maximum absolute atomic E-state index is 8.28. The molecule has 0 aromatic heterocycles. The first-order chi connectivity index (χ1) is 1.00. The van der Waals surface area contributed by atoms with E-state index < -0.39 is 0 Å². The quantitative estimate of drug-likeness (QED) is 0.460. The van der Waals surface area contributed by atoms with Crippen LogP contribution in [0.2, 0.25) is 0 Å². The van der Waals surface area contributed by atoms with Crippen LogP contribution in [0.4, 0.5) is 0 Å². The van der Waals surface area contributed by atoms with E-state index in [-0.39, 0.29) is 33.3 Å². The van der Waals surface area contributed by atoms with Crippen LogP contribution < -0.4 is 0 Å². The minimum absolute atomic E-state index is 0. The molecule has 0 saturated heterocycles. The molecule has 0 rings (SSSR count). The van der Waals surface area contributed by atoms with Gasteiger partial charge in [0.25, 0.3) is 0 Å². The minimum atomic E-state index is 0. The van der Waals surface area contributed by atoms with Crippen molar-refractivity contribution in [1.29, 1.82) is 0 Å². The Kier molecular flexibility index (Phi) is 130. The van der Waals surface area contributed by atoms with Gasteiger partial charge in [0.2, 0.25) is 0 Å². The maximum atomic E-state index is 8.28. The molecular formula is H4AlOSiTa. The summed E-state index contributed by atoms with van der Waals surface area (Å²) in [5.41, 5.74) is 0. The topological polar surface area (TPSA) is 17.1 Å². The van der Waals surface area contributed by atoms with Gasteiger partial charge in [0.1, 0.15) is 0 Å². The van der Waals surface area contributed by atoms with E-state index in [0.717, 1.165) is 0 Å². The molecule has 0 bridgehead atoms. The third-order valence-corrected chi connectivity index (χ3v) is 0. The molecule has 0 aromatic rings. The Bertz CT molecular complexity index is 8.00. The fraction of sp³-hybridized carbons (Fsp3) is 0. The fourth-order valence-electron chi connectivity index (χ4n) is 0. The van der Waals surface area contributed by atoms with Crippen molar-refractivity contribution in [3.8, 4) is 0 Å². The Morgan fingerprint density at radius 1 is 1.25 bits per heavy atom. The molecule has 2 radical (unpaired) electrons. The molecule has 1 nitrogen and oxygen atoms in total. The standard InChI is InChI=1S/Al.O.H3Si.Ta.H/h;;1H3;;. The molecule has 0 spiro atoms. The third-order valence-electron chi connectivity index (χ3n) is 0. The van der Waals surface area contributed by atoms with Gasteiger partial charge in [-0.15, -0.1) is 0 Å². The summed E-state index contributed by atoms with van der Waals surface area (Å²) >= 11 is 0.611. The van der Waals surface area contributed by atoms with Crippen LogP contribution >= 0.6 is 0 Å². The van der Waals surface area contributed by atoms with Crippen molar-refractivity contribution >= 4 is 27.2 Å². The van der Waals surface area contributed by atoms with Gasteiger partial charge in [-0.25, -0.2) is 0 Å². The average Bonchev–Trinajstić information content (AvgIpc) is 1.00. The van der Waals surface area contributed by atoms with Crippen molar-refractivity contribution in [3.63, 3.8) is 0 Å². The van der Waals surface area contributed by atoms with Gasteiger partial charge in [-0.05, 0) is 11.0 Å². The molecule has 4 heteroatoms.